The van der Waals surface area contributed by atoms with Gasteiger partial charge in [0.2, 0.25) is 0 Å². The molecule has 0 amide bonds. The SMILES string of the molecule is CCOc1cc2c(cc1OC)-c1cc(=Nc3c(C)cc(C)cc3C)n(CCCC(=O)c3cn[nH]n3)c(=O)n1CCC2. The minimum atomic E-state index is -0.154. The molecule has 0 spiro atoms. The van der Waals surface area contributed by atoms with E-state index in [0.29, 0.717) is 48.8 Å². The Kier molecular flexibility index (Phi) is 8.19. The third-order valence-electron chi connectivity index (χ3n) is 7.44. The molecule has 1 aliphatic heterocycles. The Morgan fingerprint density at radius 1 is 1.10 bits per heavy atom. The van der Waals surface area contributed by atoms with E-state index >= 15 is 0 Å². The summed E-state index contributed by atoms with van der Waals surface area (Å²) in [5.74, 6) is 1.20. The Hall–Kier alpha value is -4.47. The van der Waals surface area contributed by atoms with Crippen LogP contribution in [0.2, 0.25) is 0 Å². The first kappa shape index (κ1) is 28.1. The molecule has 2 aromatic heterocycles. The molecule has 3 heterocycles. The molecular formula is C31H36N6O4. The summed E-state index contributed by atoms with van der Waals surface area (Å²) >= 11 is 0. The second-order valence-electron chi connectivity index (χ2n) is 10.4. The van der Waals surface area contributed by atoms with Gasteiger partial charge in [-0.1, -0.05) is 17.7 Å². The zero-order valence-corrected chi connectivity index (χ0v) is 24.3. The molecule has 41 heavy (non-hydrogen) atoms. The Balaban J connectivity index is 1.67. The number of aromatic amines is 1. The molecule has 0 bridgehead atoms. The van der Waals surface area contributed by atoms with Gasteiger partial charge in [-0.05, 0) is 75.8 Å². The van der Waals surface area contributed by atoms with Gasteiger partial charge in [-0.3, -0.25) is 13.9 Å². The van der Waals surface area contributed by atoms with Crippen molar-refractivity contribution in [1.82, 2.24) is 24.5 Å². The number of benzene rings is 2. The zero-order valence-electron chi connectivity index (χ0n) is 24.3. The predicted octanol–water partition coefficient (Wildman–Crippen LogP) is 4.61. The molecule has 1 N–H and O–H groups in total. The van der Waals surface area contributed by atoms with Gasteiger partial charge in [0, 0.05) is 31.1 Å². The molecule has 0 fully saturated rings. The normalized spacial score (nSPS) is 13.0. The number of nitrogens with zero attached hydrogens (tertiary/aromatic N) is 5. The first-order valence-corrected chi connectivity index (χ1v) is 14.0. The van der Waals surface area contributed by atoms with E-state index in [1.807, 2.05) is 43.5 Å². The van der Waals surface area contributed by atoms with Crippen molar-refractivity contribution >= 4 is 11.5 Å². The molecule has 10 nitrogen and oxygen atoms in total. The van der Waals surface area contributed by atoms with Crippen molar-refractivity contribution in [3.8, 4) is 22.8 Å². The standard InChI is InChI=1S/C31H36N6O4/c1-6-41-28-15-22-9-7-11-36-25(23(22)16-27(28)40-5)17-29(33-30-20(3)13-19(2)14-21(30)4)37(31(36)39)12-8-10-26(38)24-18-32-35-34-24/h13-18H,6-12H2,1-5H3,(H,32,34,35). The number of aromatic nitrogens is 5. The fourth-order valence-corrected chi connectivity index (χ4v) is 5.59. The van der Waals surface area contributed by atoms with Crippen molar-refractivity contribution in [3.05, 3.63) is 80.4 Å². The maximum atomic E-state index is 14.1. The van der Waals surface area contributed by atoms with Gasteiger partial charge in [-0.15, -0.1) is 0 Å². The number of carbonyl (C=O) groups is 1. The van der Waals surface area contributed by atoms with E-state index in [9.17, 15) is 9.59 Å². The van der Waals surface area contributed by atoms with Gasteiger partial charge < -0.3 is 9.47 Å². The van der Waals surface area contributed by atoms with E-state index < -0.39 is 0 Å². The number of ether oxygens (including phenoxy) is 2. The topological polar surface area (TPSA) is 116 Å². The smallest absolute Gasteiger partial charge is 0.330 e. The lowest BCUT2D eigenvalue weighted by Gasteiger charge is -2.18. The van der Waals surface area contributed by atoms with Crippen LogP contribution in [0.15, 0.2) is 46.3 Å². The highest BCUT2D eigenvalue weighted by Crippen LogP contribution is 2.37. The number of H-pyrrole nitrogens is 1. The molecule has 4 aromatic rings. The van der Waals surface area contributed by atoms with Crippen molar-refractivity contribution < 1.29 is 14.3 Å². The van der Waals surface area contributed by atoms with Crippen molar-refractivity contribution in [2.45, 2.75) is 66.5 Å². The molecule has 0 saturated heterocycles. The first-order chi connectivity index (χ1) is 19.8. The van der Waals surface area contributed by atoms with Gasteiger partial charge >= 0.3 is 5.69 Å². The lowest BCUT2D eigenvalue weighted by atomic mass is 10.0. The summed E-state index contributed by atoms with van der Waals surface area (Å²) in [7, 11) is 1.62. The molecule has 0 saturated carbocycles. The van der Waals surface area contributed by atoms with E-state index in [4.69, 9.17) is 14.5 Å². The number of aryl methyl sites for hydroxylation is 4. The summed E-state index contributed by atoms with van der Waals surface area (Å²) in [6.45, 7) is 9.51. The van der Waals surface area contributed by atoms with E-state index in [0.717, 1.165) is 52.0 Å². The van der Waals surface area contributed by atoms with Gasteiger partial charge in [-0.25, -0.2) is 9.79 Å². The predicted molar refractivity (Wildman–Crippen MR) is 156 cm³/mol. The molecule has 5 rings (SSSR count). The Bertz CT molecular complexity index is 1690. The van der Waals surface area contributed by atoms with Crippen molar-refractivity contribution in [2.75, 3.05) is 13.7 Å². The van der Waals surface area contributed by atoms with Gasteiger partial charge in [-0.2, -0.15) is 15.4 Å². The van der Waals surface area contributed by atoms with Crippen molar-refractivity contribution in [1.29, 1.82) is 0 Å². The third kappa shape index (κ3) is 5.73. The van der Waals surface area contributed by atoms with Crippen LogP contribution < -0.4 is 20.7 Å². The monoisotopic (exact) mass is 556 g/mol. The number of rotatable bonds is 9. The highest BCUT2D eigenvalue weighted by atomic mass is 16.5. The summed E-state index contributed by atoms with van der Waals surface area (Å²) in [6.07, 6.45) is 3.72. The van der Waals surface area contributed by atoms with Crippen molar-refractivity contribution in [2.24, 2.45) is 4.99 Å². The number of methoxy groups -OCH3 is 1. The van der Waals surface area contributed by atoms with Crippen LogP contribution in [0.5, 0.6) is 11.5 Å². The van der Waals surface area contributed by atoms with Crippen LogP contribution >= 0.6 is 0 Å². The summed E-state index contributed by atoms with van der Waals surface area (Å²) in [4.78, 5) is 31.8. The molecular weight excluding hydrogens is 520 g/mol. The number of carbonyl (C=O) groups excluding carboxylic acids is 1. The molecule has 0 radical (unpaired) electrons. The van der Waals surface area contributed by atoms with E-state index in [-0.39, 0.29) is 17.9 Å². The molecule has 10 heteroatoms. The van der Waals surface area contributed by atoms with Crippen LogP contribution in [0.25, 0.3) is 11.3 Å². The quantitative estimate of drug-likeness (QED) is 0.301. The van der Waals surface area contributed by atoms with Crippen LogP contribution in [0.1, 0.15) is 58.9 Å². The second-order valence-corrected chi connectivity index (χ2v) is 10.4. The van der Waals surface area contributed by atoms with Gasteiger partial charge in [0.1, 0.15) is 11.2 Å². The Morgan fingerprint density at radius 3 is 2.56 bits per heavy atom. The number of ketones is 1. The molecule has 0 atom stereocenters. The summed E-state index contributed by atoms with van der Waals surface area (Å²) < 4.78 is 15.0. The van der Waals surface area contributed by atoms with Crippen LogP contribution in [0.4, 0.5) is 5.69 Å². The zero-order chi connectivity index (χ0) is 29.1. The second kappa shape index (κ2) is 12.0. The van der Waals surface area contributed by atoms with Crippen LogP contribution in [-0.2, 0) is 19.5 Å². The number of hydrogen-bond donors (Lipinski definition) is 1. The van der Waals surface area contributed by atoms with Gasteiger partial charge in [0.25, 0.3) is 0 Å². The first-order valence-electron chi connectivity index (χ1n) is 14.0. The summed E-state index contributed by atoms with van der Waals surface area (Å²) in [6, 6.07) is 10.2. The largest absolute Gasteiger partial charge is 0.493 e. The number of hydrogen-bond acceptors (Lipinski definition) is 7. The minimum Gasteiger partial charge on any atom is -0.493 e. The minimum absolute atomic E-state index is 0.121. The fraction of sp³-hybridized carbons (Fsp3) is 0.387. The van der Waals surface area contributed by atoms with Crippen LogP contribution in [-0.4, -0.2) is 44.0 Å². The lowest BCUT2D eigenvalue weighted by molar-refractivity contribution is 0.0973. The lowest BCUT2D eigenvalue weighted by Crippen LogP contribution is -2.40. The van der Waals surface area contributed by atoms with E-state index in [1.165, 1.54) is 6.20 Å². The fourth-order valence-electron chi connectivity index (χ4n) is 5.59. The van der Waals surface area contributed by atoms with Gasteiger partial charge in [0.05, 0.1) is 31.3 Å². The van der Waals surface area contributed by atoms with Crippen molar-refractivity contribution in [3.63, 3.8) is 0 Å². The number of Topliss-reactive ketones (excluding diaryl/α,β-unsaturated/α-hetero) is 1. The summed E-state index contributed by atoms with van der Waals surface area (Å²) in [5, 5.41) is 10.1. The molecule has 1 aliphatic rings. The molecule has 214 valence electrons. The maximum absolute atomic E-state index is 14.1. The highest BCUT2D eigenvalue weighted by Gasteiger charge is 2.21. The molecule has 0 aliphatic carbocycles. The Labute approximate surface area is 238 Å². The number of nitrogens with one attached hydrogen (secondary N) is 1. The average molecular weight is 557 g/mol. The molecule has 0 unspecified atom stereocenters. The summed E-state index contributed by atoms with van der Waals surface area (Å²) in [5.41, 5.74) is 7.58. The van der Waals surface area contributed by atoms with E-state index in [1.54, 1.807) is 11.7 Å². The average Bonchev–Trinajstić information content (AvgIpc) is 3.42. The number of fused-ring (bicyclic) bond motifs is 3. The Morgan fingerprint density at radius 2 is 1.88 bits per heavy atom. The molecule has 2 aromatic carbocycles. The van der Waals surface area contributed by atoms with E-state index in [2.05, 4.69) is 34.5 Å². The maximum Gasteiger partial charge on any atom is 0.330 e. The van der Waals surface area contributed by atoms with Crippen LogP contribution in [0.3, 0.4) is 0 Å². The highest BCUT2D eigenvalue weighted by molar-refractivity contribution is 5.93. The third-order valence-corrected chi connectivity index (χ3v) is 7.44. The van der Waals surface area contributed by atoms with Crippen LogP contribution in [0, 0.1) is 20.8 Å². The van der Waals surface area contributed by atoms with Gasteiger partial charge in [0.15, 0.2) is 17.3 Å².